The van der Waals surface area contributed by atoms with E-state index in [1.807, 2.05) is 6.20 Å². The Hall–Kier alpha value is -0.110. The summed E-state index contributed by atoms with van der Waals surface area (Å²) in [5.74, 6) is 0. The fraction of sp³-hybridized carbons (Fsp3) is 0.667. The number of rotatable bonds is 0. The minimum Gasteiger partial charge on any atom is -0.380 e. The Morgan fingerprint density at radius 3 is 3.38 bits per heavy atom. The quantitative estimate of drug-likeness (QED) is 0.473. The van der Waals surface area contributed by atoms with E-state index in [9.17, 15) is 0 Å². The summed E-state index contributed by atoms with van der Waals surface area (Å²) in [4.78, 5) is 0. The third kappa shape index (κ3) is 1.78. The van der Waals surface area contributed by atoms with E-state index in [1.54, 1.807) is 0 Å². The standard InChI is InChI=1S/C6H11NS/c8-6-4-2-1-3-5-7-6/h3,5-8H,1-2,4H2. The fourth-order valence-electron chi connectivity index (χ4n) is 0.775. The van der Waals surface area contributed by atoms with Crippen LogP contribution in [0.2, 0.25) is 0 Å². The highest BCUT2D eigenvalue weighted by atomic mass is 32.1. The van der Waals surface area contributed by atoms with Gasteiger partial charge in [-0.2, -0.15) is 12.6 Å². The minimum atomic E-state index is 0.383. The van der Waals surface area contributed by atoms with Crippen molar-refractivity contribution < 1.29 is 0 Å². The summed E-state index contributed by atoms with van der Waals surface area (Å²) in [6.07, 6.45) is 7.78. The largest absolute Gasteiger partial charge is 0.380 e. The van der Waals surface area contributed by atoms with Crippen LogP contribution in [0, 0.1) is 0 Å². The van der Waals surface area contributed by atoms with Crippen LogP contribution in [0.1, 0.15) is 19.3 Å². The first-order valence-corrected chi connectivity index (χ1v) is 3.50. The van der Waals surface area contributed by atoms with Gasteiger partial charge in [-0.15, -0.1) is 0 Å². The van der Waals surface area contributed by atoms with Crippen molar-refractivity contribution in [2.45, 2.75) is 24.6 Å². The van der Waals surface area contributed by atoms with Crippen LogP contribution in [-0.4, -0.2) is 5.37 Å². The van der Waals surface area contributed by atoms with Crippen molar-refractivity contribution in [2.24, 2.45) is 0 Å². The first kappa shape index (κ1) is 6.02. The third-order valence-electron chi connectivity index (χ3n) is 1.25. The Morgan fingerprint density at radius 1 is 1.62 bits per heavy atom. The Bertz CT molecular complexity index is 90.5. The van der Waals surface area contributed by atoms with Gasteiger partial charge in [0.2, 0.25) is 0 Å². The van der Waals surface area contributed by atoms with E-state index in [0.717, 1.165) is 0 Å². The van der Waals surface area contributed by atoms with Gasteiger partial charge in [0.1, 0.15) is 0 Å². The fourth-order valence-corrected chi connectivity index (χ4v) is 1.04. The molecule has 0 bridgehead atoms. The van der Waals surface area contributed by atoms with Crippen LogP contribution in [0.5, 0.6) is 0 Å². The van der Waals surface area contributed by atoms with Gasteiger partial charge in [0.15, 0.2) is 0 Å². The second kappa shape index (κ2) is 3.02. The van der Waals surface area contributed by atoms with Crippen molar-refractivity contribution >= 4 is 12.6 Å². The predicted molar refractivity (Wildman–Crippen MR) is 38.9 cm³/mol. The molecule has 0 saturated heterocycles. The molecule has 1 nitrogen and oxygen atoms in total. The Balaban J connectivity index is 2.30. The van der Waals surface area contributed by atoms with Gasteiger partial charge in [-0.3, -0.25) is 0 Å². The van der Waals surface area contributed by atoms with E-state index < -0.39 is 0 Å². The van der Waals surface area contributed by atoms with Crippen molar-refractivity contribution in [1.82, 2.24) is 5.32 Å². The van der Waals surface area contributed by atoms with Crippen molar-refractivity contribution in [3.63, 3.8) is 0 Å². The lowest BCUT2D eigenvalue weighted by Crippen LogP contribution is -2.15. The topological polar surface area (TPSA) is 12.0 Å². The van der Waals surface area contributed by atoms with Gasteiger partial charge in [-0.1, -0.05) is 6.08 Å². The second-order valence-electron chi connectivity index (χ2n) is 2.02. The molecule has 8 heavy (non-hydrogen) atoms. The second-order valence-corrected chi connectivity index (χ2v) is 2.64. The summed E-state index contributed by atoms with van der Waals surface area (Å²) in [5, 5.41) is 3.51. The van der Waals surface area contributed by atoms with Gasteiger partial charge in [0.25, 0.3) is 0 Å². The van der Waals surface area contributed by atoms with Crippen molar-refractivity contribution in [2.75, 3.05) is 0 Å². The van der Waals surface area contributed by atoms with Crippen LogP contribution >= 0.6 is 12.6 Å². The summed E-state index contributed by atoms with van der Waals surface area (Å²) in [5.41, 5.74) is 0. The maximum absolute atomic E-state index is 4.27. The molecule has 0 aliphatic carbocycles. The number of allylic oxidation sites excluding steroid dienone is 1. The van der Waals surface area contributed by atoms with Gasteiger partial charge >= 0.3 is 0 Å². The SMILES string of the molecule is SC1CCCC=CN1. The maximum Gasteiger partial charge on any atom is 0.0688 e. The van der Waals surface area contributed by atoms with Gasteiger partial charge < -0.3 is 5.32 Å². The molecule has 0 radical (unpaired) electrons. The molecule has 1 unspecified atom stereocenters. The molecule has 46 valence electrons. The van der Waals surface area contributed by atoms with E-state index >= 15 is 0 Å². The average Bonchev–Trinajstić information content (AvgIpc) is 1.94. The monoisotopic (exact) mass is 129 g/mol. The molecule has 2 heteroatoms. The van der Waals surface area contributed by atoms with Crippen molar-refractivity contribution in [1.29, 1.82) is 0 Å². The molecule has 0 aromatic rings. The third-order valence-corrected chi connectivity index (χ3v) is 1.66. The highest BCUT2D eigenvalue weighted by Crippen LogP contribution is 2.07. The molecule has 1 heterocycles. The molecule has 0 spiro atoms. The van der Waals surface area contributed by atoms with Crippen molar-refractivity contribution in [3.8, 4) is 0 Å². The Morgan fingerprint density at radius 2 is 2.50 bits per heavy atom. The number of hydrogen-bond donors (Lipinski definition) is 2. The van der Waals surface area contributed by atoms with E-state index in [4.69, 9.17) is 0 Å². The molecule has 1 N–H and O–H groups in total. The zero-order valence-corrected chi connectivity index (χ0v) is 5.70. The lowest BCUT2D eigenvalue weighted by Gasteiger charge is -2.05. The molecule has 1 aliphatic heterocycles. The summed E-state index contributed by atoms with van der Waals surface area (Å²) < 4.78 is 0. The minimum absolute atomic E-state index is 0.383. The van der Waals surface area contributed by atoms with Gasteiger partial charge in [-0.25, -0.2) is 0 Å². The molecule has 1 aliphatic rings. The molecule has 0 aromatic carbocycles. The molecule has 0 fully saturated rings. The van der Waals surface area contributed by atoms with Crippen LogP contribution in [-0.2, 0) is 0 Å². The highest BCUT2D eigenvalue weighted by molar-refractivity contribution is 7.80. The van der Waals surface area contributed by atoms with E-state index in [-0.39, 0.29) is 0 Å². The molecule has 0 saturated carbocycles. The maximum atomic E-state index is 4.27. The number of nitrogens with one attached hydrogen (secondary N) is 1. The summed E-state index contributed by atoms with van der Waals surface area (Å²) >= 11 is 4.27. The number of thiol groups is 1. The lowest BCUT2D eigenvalue weighted by molar-refractivity contribution is 0.692. The summed E-state index contributed by atoms with van der Waals surface area (Å²) in [7, 11) is 0. The van der Waals surface area contributed by atoms with Crippen LogP contribution in [0.25, 0.3) is 0 Å². The van der Waals surface area contributed by atoms with E-state index in [0.29, 0.717) is 5.37 Å². The Labute approximate surface area is 55.6 Å². The molecule has 0 amide bonds. The van der Waals surface area contributed by atoms with Gasteiger partial charge in [0, 0.05) is 0 Å². The van der Waals surface area contributed by atoms with Crippen LogP contribution in [0.4, 0.5) is 0 Å². The number of hydrogen-bond acceptors (Lipinski definition) is 2. The van der Waals surface area contributed by atoms with Crippen LogP contribution in [0.3, 0.4) is 0 Å². The predicted octanol–water partition coefficient (Wildman–Crippen LogP) is 1.53. The average molecular weight is 129 g/mol. The highest BCUT2D eigenvalue weighted by Gasteiger charge is 1.99. The van der Waals surface area contributed by atoms with Crippen LogP contribution < -0.4 is 5.32 Å². The molecule has 1 atom stereocenters. The summed E-state index contributed by atoms with van der Waals surface area (Å²) in [6.45, 7) is 0. The first-order chi connectivity index (χ1) is 3.89. The zero-order chi connectivity index (χ0) is 5.82. The van der Waals surface area contributed by atoms with E-state index in [2.05, 4.69) is 24.0 Å². The summed E-state index contributed by atoms with van der Waals surface area (Å²) in [6, 6.07) is 0. The van der Waals surface area contributed by atoms with Gasteiger partial charge in [0.05, 0.1) is 5.37 Å². The molecule has 0 aromatic heterocycles. The van der Waals surface area contributed by atoms with Crippen molar-refractivity contribution in [3.05, 3.63) is 12.3 Å². The molecular formula is C6H11NS. The van der Waals surface area contributed by atoms with Gasteiger partial charge in [-0.05, 0) is 25.5 Å². The first-order valence-electron chi connectivity index (χ1n) is 2.99. The van der Waals surface area contributed by atoms with E-state index in [1.165, 1.54) is 19.3 Å². The normalized spacial score (nSPS) is 28.9. The van der Waals surface area contributed by atoms with Crippen LogP contribution in [0.15, 0.2) is 12.3 Å². The molecular weight excluding hydrogens is 118 g/mol. The smallest absolute Gasteiger partial charge is 0.0688 e. The lowest BCUT2D eigenvalue weighted by atomic mass is 10.2. The zero-order valence-electron chi connectivity index (χ0n) is 4.80. The molecule has 1 rings (SSSR count). The Kier molecular flexibility index (Phi) is 2.27.